The molecule has 0 radical (unpaired) electrons. The second kappa shape index (κ2) is 6.85. The molecule has 3 heterocycles. The van der Waals surface area contributed by atoms with Gasteiger partial charge in [0.05, 0.1) is 0 Å². The van der Waals surface area contributed by atoms with Crippen molar-refractivity contribution in [1.82, 2.24) is 20.0 Å². The van der Waals surface area contributed by atoms with E-state index in [0.29, 0.717) is 49.3 Å². The van der Waals surface area contributed by atoms with Gasteiger partial charge in [0.25, 0.3) is 11.8 Å². The van der Waals surface area contributed by atoms with Gasteiger partial charge in [0.1, 0.15) is 12.3 Å². The fourth-order valence-corrected chi connectivity index (χ4v) is 3.69. The van der Waals surface area contributed by atoms with Crippen LogP contribution in [-0.4, -0.2) is 70.7 Å². The Kier molecular flexibility index (Phi) is 4.18. The number of ether oxygens (including phenoxy) is 2. The van der Waals surface area contributed by atoms with Gasteiger partial charge < -0.3 is 19.3 Å². The molecule has 1 N–H and O–H groups in total. The Hall–Kier alpha value is -3.03. The first-order valence-electron chi connectivity index (χ1n) is 9.71. The van der Waals surface area contributed by atoms with Gasteiger partial charge in [-0.3, -0.25) is 14.7 Å². The third kappa shape index (κ3) is 3.19. The van der Waals surface area contributed by atoms with Crippen LogP contribution < -0.4 is 9.47 Å². The van der Waals surface area contributed by atoms with E-state index in [2.05, 4.69) is 10.2 Å². The summed E-state index contributed by atoms with van der Waals surface area (Å²) < 4.78 is 11.5. The highest BCUT2D eigenvalue weighted by molar-refractivity contribution is 5.92. The SMILES string of the molecule is O=C(c1cc(C2CC2)[nH]n1)N1CCN(C(=O)[C@H]2COc3ccccc3O2)CC1. The molecule has 1 aromatic carbocycles. The van der Waals surface area contributed by atoms with Gasteiger partial charge >= 0.3 is 0 Å². The first-order chi connectivity index (χ1) is 13.7. The van der Waals surface area contributed by atoms with Crippen molar-refractivity contribution in [1.29, 1.82) is 0 Å². The molecule has 1 atom stereocenters. The number of hydrogen-bond donors (Lipinski definition) is 1. The Labute approximate surface area is 162 Å². The number of aromatic amines is 1. The number of piperazine rings is 1. The van der Waals surface area contributed by atoms with Gasteiger partial charge in [-0.1, -0.05) is 12.1 Å². The Morgan fingerprint density at radius 3 is 2.50 bits per heavy atom. The van der Waals surface area contributed by atoms with Crippen LogP contribution in [0.2, 0.25) is 0 Å². The summed E-state index contributed by atoms with van der Waals surface area (Å²) in [7, 11) is 0. The number of aromatic nitrogens is 2. The van der Waals surface area contributed by atoms with Crippen molar-refractivity contribution in [3.05, 3.63) is 41.7 Å². The molecule has 0 bridgehead atoms. The first kappa shape index (κ1) is 17.1. The molecule has 8 heteroatoms. The summed E-state index contributed by atoms with van der Waals surface area (Å²) in [4.78, 5) is 29.0. The quantitative estimate of drug-likeness (QED) is 0.867. The predicted octanol–water partition coefficient (Wildman–Crippen LogP) is 1.41. The molecule has 2 aliphatic heterocycles. The van der Waals surface area contributed by atoms with Crippen molar-refractivity contribution in [3.63, 3.8) is 0 Å². The third-order valence-corrected chi connectivity index (χ3v) is 5.50. The van der Waals surface area contributed by atoms with E-state index in [1.807, 2.05) is 24.3 Å². The van der Waals surface area contributed by atoms with Crippen LogP contribution in [0.15, 0.2) is 30.3 Å². The summed E-state index contributed by atoms with van der Waals surface area (Å²) in [5, 5.41) is 7.14. The number of carbonyl (C=O) groups excluding carboxylic acids is 2. The lowest BCUT2D eigenvalue weighted by Gasteiger charge is -2.36. The minimum absolute atomic E-state index is 0.0820. The van der Waals surface area contributed by atoms with Crippen LogP contribution in [-0.2, 0) is 4.79 Å². The molecule has 28 heavy (non-hydrogen) atoms. The number of nitrogens with zero attached hydrogens (tertiary/aromatic N) is 3. The minimum Gasteiger partial charge on any atom is -0.485 e. The molecule has 0 unspecified atom stereocenters. The number of nitrogens with one attached hydrogen (secondary N) is 1. The molecular weight excluding hydrogens is 360 g/mol. The highest BCUT2D eigenvalue weighted by atomic mass is 16.6. The molecule has 8 nitrogen and oxygen atoms in total. The maximum absolute atomic E-state index is 12.8. The molecule has 1 aromatic heterocycles. The van der Waals surface area contributed by atoms with E-state index in [1.165, 1.54) is 0 Å². The molecule has 0 spiro atoms. The minimum atomic E-state index is -0.649. The van der Waals surface area contributed by atoms with Crippen LogP contribution in [0.4, 0.5) is 0 Å². The maximum atomic E-state index is 12.8. The molecular formula is C20H22N4O4. The van der Waals surface area contributed by atoms with E-state index in [4.69, 9.17) is 9.47 Å². The lowest BCUT2D eigenvalue weighted by atomic mass is 10.2. The fraction of sp³-hybridized carbons (Fsp3) is 0.450. The first-order valence-corrected chi connectivity index (χ1v) is 9.71. The summed E-state index contributed by atoms with van der Waals surface area (Å²) in [5.41, 5.74) is 1.51. The van der Waals surface area contributed by atoms with Gasteiger partial charge in [0.2, 0.25) is 6.10 Å². The van der Waals surface area contributed by atoms with Crippen molar-refractivity contribution in [2.24, 2.45) is 0 Å². The van der Waals surface area contributed by atoms with Gasteiger partial charge in [-0.25, -0.2) is 0 Å². The topological polar surface area (TPSA) is 87.8 Å². The van der Waals surface area contributed by atoms with Crippen LogP contribution in [0, 0.1) is 0 Å². The van der Waals surface area contributed by atoms with Crippen LogP contribution in [0.3, 0.4) is 0 Å². The average molecular weight is 382 g/mol. The molecule has 146 valence electrons. The third-order valence-electron chi connectivity index (χ3n) is 5.50. The smallest absolute Gasteiger partial charge is 0.274 e. The highest BCUT2D eigenvalue weighted by Crippen LogP contribution is 2.39. The van der Waals surface area contributed by atoms with E-state index >= 15 is 0 Å². The Balaban J connectivity index is 1.17. The number of amides is 2. The zero-order valence-electron chi connectivity index (χ0n) is 15.5. The Morgan fingerprint density at radius 1 is 1.04 bits per heavy atom. The lowest BCUT2D eigenvalue weighted by Crippen LogP contribution is -2.55. The largest absolute Gasteiger partial charge is 0.485 e. The van der Waals surface area contributed by atoms with Gasteiger partial charge in [-0.2, -0.15) is 5.10 Å². The molecule has 2 aromatic rings. The molecule has 5 rings (SSSR count). The van der Waals surface area contributed by atoms with Crippen molar-refractivity contribution in [3.8, 4) is 11.5 Å². The average Bonchev–Trinajstić information content (AvgIpc) is 3.49. The van der Waals surface area contributed by atoms with E-state index in [1.54, 1.807) is 15.9 Å². The predicted molar refractivity (Wildman–Crippen MR) is 99.4 cm³/mol. The van der Waals surface area contributed by atoms with Crippen molar-refractivity contribution >= 4 is 11.8 Å². The molecule has 2 amide bonds. The van der Waals surface area contributed by atoms with Gasteiger partial charge in [-0.15, -0.1) is 0 Å². The molecule has 3 aliphatic rings. The van der Waals surface area contributed by atoms with E-state index in [0.717, 1.165) is 18.5 Å². The van der Waals surface area contributed by atoms with Crippen molar-refractivity contribution in [2.75, 3.05) is 32.8 Å². The summed E-state index contributed by atoms with van der Waals surface area (Å²) in [6.07, 6.45) is 1.67. The van der Waals surface area contributed by atoms with E-state index in [9.17, 15) is 9.59 Å². The summed E-state index contributed by atoms with van der Waals surface area (Å²) >= 11 is 0. The van der Waals surface area contributed by atoms with Crippen LogP contribution in [0.1, 0.15) is 34.9 Å². The Morgan fingerprint density at radius 2 is 1.75 bits per heavy atom. The zero-order valence-corrected chi connectivity index (χ0v) is 15.5. The van der Waals surface area contributed by atoms with Gasteiger partial charge in [-0.05, 0) is 31.0 Å². The standard InChI is InChI=1S/C20H22N4O4/c25-19(15-11-14(21-22-15)13-5-6-13)23-7-9-24(10-8-23)20(26)18-12-27-16-3-1-2-4-17(16)28-18/h1-4,11,13,18H,5-10,12H2,(H,21,22)/t18-/m1/s1. The number of para-hydroxylation sites is 2. The summed E-state index contributed by atoms with van der Waals surface area (Å²) in [6, 6.07) is 9.20. The second-order valence-corrected chi connectivity index (χ2v) is 7.46. The number of fused-ring (bicyclic) bond motifs is 1. The zero-order chi connectivity index (χ0) is 19.1. The number of H-pyrrole nitrogens is 1. The van der Waals surface area contributed by atoms with Crippen LogP contribution in [0.25, 0.3) is 0 Å². The Bertz CT molecular complexity index is 899. The van der Waals surface area contributed by atoms with Crippen LogP contribution in [0.5, 0.6) is 11.5 Å². The van der Waals surface area contributed by atoms with E-state index in [-0.39, 0.29) is 18.4 Å². The monoisotopic (exact) mass is 382 g/mol. The van der Waals surface area contributed by atoms with Gasteiger partial charge in [0.15, 0.2) is 11.5 Å². The maximum Gasteiger partial charge on any atom is 0.274 e. The summed E-state index contributed by atoms with van der Waals surface area (Å²) in [5.74, 6) is 1.60. The normalized spacial score (nSPS) is 21.5. The molecule has 1 aliphatic carbocycles. The lowest BCUT2D eigenvalue weighted by molar-refractivity contribution is -0.142. The number of benzene rings is 1. The molecule has 2 fully saturated rings. The highest BCUT2D eigenvalue weighted by Gasteiger charge is 2.34. The molecule has 1 saturated heterocycles. The second-order valence-electron chi connectivity index (χ2n) is 7.46. The van der Waals surface area contributed by atoms with Crippen molar-refractivity contribution < 1.29 is 19.1 Å². The van der Waals surface area contributed by atoms with Crippen LogP contribution >= 0.6 is 0 Å². The van der Waals surface area contributed by atoms with E-state index < -0.39 is 6.10 Å². The molecule has 1 saturated carbocycles. The summed E-state index contributed by atoms with van der Waals surface area (Å²) in [6.45, 7) is 2.13. The number of hydrogen-bond acceptors (Lipinski definition) is 5. The number of rotatable bonds is 3. The van der Waals surface area contributed by atoms with Gasteiger partial charge in [0, 0.05) is 37.8 Å². The fourth-order valence-electron chi connectivity index (χ4n) is 3.69. The van der Waals surface area contributed by atoms with Crippen molar-refractivity contribution in [2.45, 2.75) is 24.9 Å². The number of carbonyl (C=O) groups is 2.